The summed E-state index contributed by atoms with van der Waals surface area (Å²) in [5.74, 6) is -0.305. The van der Waals surface area contributed by atoms with Crippen molar-refractivity contribution in [3.8, 4) is 0 Å². The molecule has 4 nitrogen and oxygen atoms in total. The Balaban J connectivity index is 2.69. The van der Waals surface area contributed by atoms with Crippen LogP contribution in [0, 0.1) is 0 Å². The summed E-state index contributed by atoms with van der Waals surface area (Å²) in [5, 5.41) is 0. The third-order valence-electron chi connectivity index (χ3n) is 1.77. The minimum absolute atomic E-state index is 0.343. The van der Waals surface area contributed by atoms with Gasteiger partial charge in [-0.3, -0.25) is 4.57 Å². The highest BCUT2D eigenvalue weighted by molar-refractivity contribution is 7.52. The minimum Gasteiger partial charge on any atom is -0.482 e. The largest absolute Gasteiger partial charge is 0.482 e. The number of rotatable bonds is 1. The molecule has 1 unspecified atom stereocenters. The predicted molar refractivity (Wildman–Crippen MR) is 39.9 cm³/mol. The van der Waals surface area contributed by atoms with E-state index >= 15 is 0 Å². The molecule has 0 aliphatic carbocycles. The van der Waals surface area contributed by atoms with E-state index in [0.29, 0.717) is 12.2 Å². The van der Waals surface area contributed by atoms with Crippen LogP contribution in [0.2, 0.25) is 0 Å². The molecule has 0 spiro atoms. The molecule has 2 N–H and O–H groups in total. The molecule has 0 fully saturated rings. The van der Waals surface area contributed by atoms with Crippen molar-refractivity contribution in [3.05, 3.63) is 11.3 Å². The molecule has 1 rings (SSSR count). The summed E-state index contributed by atoms with van der Waals surface area (Å²) in [5.41, 5.74) is 0.915. The summed E-state index contributed by atoms with van der Waals surface area (Å²) < 4.78 is 15.6. The van der Waals surface area contributed by atoms with E-state index < -0.39 is 13.4 Å². The van der Waals surface area contributed by atoms with Gasteiger partial charge in [-0.25, -0.2) is 0 Å². The Morgan fingerprint density at radius 1 is 1.55 bits per heavy atom. The maximum absolute atomic E-state index is 10.7. The fraction of sp³-hybridized carbons (Fsp3) is 0.667. The molecule has 5 heteroatoms. The van der Waals surface area contributed by atoms with E-state index in [9.17, 15) is 4.57 Å². The first-order valence-electron chi connectivity index (χ1n) is 3.29. The minimum atomic E-state index is -4.05. The first kappa shape index (κ1) is 8.78. The van der Waals surface area contributed by atoms with Crippen LogP contribution in [0.1, 0.15) is 20.3 Å². The summed E-state index contributed by atoms with van der Waals surface area (Å²) in [6.07, 6.45) is 0.343. The summed E-state index contributed by atoms with van der Waals surface area (Å²) in [6, 6.07) is 0. The lowest BCUT2D eigenvalue weighted by Crippen LogP contribution is -2.05. The van der Waals surface area contributed by atoms with Crippen LogP contribution in [0.4, 0.5) is 0 Å². The highest BCUT2D eigenvalue weighted by Crippen LogP contribution is 2.48. The van der Waals surface area contributed by atoms with Crippen LogP contribution >= 0.6 is 7.60 Å². The van der Waals surface area contributed by atoms with Gasteiger partial charge in [0.15, 0.2) is 0 Å². The van der Waals surface area contributed by atoms with Gasteiger partial charge in [-0.2, -0.15) is 0 Å². The van der Waals surface area contributed by atoms with Crippen LogP contribution in [0.25, 0.3) is 0 Å². The Labute approximate surface area is 65.0 Å². The number of hydrogen-bond acceptors (Lipinski definition) is 2. The Kier molecular flexibility index (Phi) is 2.10. The van der Waals surface area contributed by atoms with E-state index in [-0.39, 0.29) is 0 Å². The molecule has 11 heavy (non-hydrogen) atoms. The predicted octanol–water partition coefficient (Wildman–Crippen LogP) is 1.20. The van der Waals surface area contributed by atoms with Gasteiger partial charge in [-0.1, -0.05) is 0 Å². The Morgan fingerprint density at radius 3 is 2.27 bits per heavy atom. The second-order valence-electron chi connectivity index (χ2n) is 2.70. The van der Waals surface area contributed by atoms with Gasteiger partial charge in [0.1, 0.15) is 0 Å². The fourth-order valence-corrected chi connectivity index (χ4v) is 1.75. The van der Waals surface area contributed by atoms with Gasteiger partial charge in [0.05, 0.1) is 5.76 Å². The summed E-state index contributed by atoms with van der Waals surface area (Å²) >= 11 is 0. The first-order chi connectivity index (χ1) is 4.91. The molecular formula is C6H11O4P. The first-order valence-corrected chi connectivity index (χ1v) is 4.97. The van der Waals surface area contributed by atoms with Gasteiger partial charge in [0.25, 0.3) is 0 Å². The zero-order valence-electron chi connectivity index (χ0n) is 6.44. The Morgan fingerprint density at radius 2 is 2.09 bits per heavy atom. The second-order valence-corrected chi connectivity index (χ2v) is 4.46. The number of allylic oxidation sites excluding steroid dienone is 1. The fourth-order valence-electron chi connectivity index (χ4n) is 0.940. The molecule has 1 aliphatic rings. The molecule has 0 radical (unpaired) electrons. The van der Waals surface area contributed by atoms with Crippen LogP contribution in [-0.2, 0) is 9.30 Å². The molecule has 0 saturated heterocycles. The highest BCUT2D eigenvalue weighted by atomic mass is 31.2. The smallest absolute Gasteiger partial charge is 0.366 e. The van der Waals surface area contributed by atoms with E-state index in [4.69, 9.17) is 14.5 Å². The van der Waals surface area contributed by atoms with Gasteiger partial charge in [0, 0.05) is 6.42 Å². The molecule has 0 aromatic carbocycles. The van der Waals surface area contributed by atoms with E-state index in [1.807, 2.05) is 6.92 Å². The Hall–Kier alpha value is -0.310. The van der Waals surface area contributed by atoms with Crippen molar-refractivity contribution in [1.82, 2.24) is 0 Å². The van der Waals surface area contributed by atoms with Crippen LogP contribution < -0.4 is 0 Å². The summed E-state index contributed by atoms with van der Waals surface area (Å²) in [4.78, 5) is 17.4. The average molecular weight is 178 g/mol. The zero-order chi connectivity index (χ0) is 8.65. The molecule has 0 amide bonds. The zero-order valence-corrected chi connectivity index (χ0v) is 7.34. The van der Waals surface area contributed by atoms with Crippen LogP contribution in [0.3, 0.4) is 0 Å². The maximum atomic E-state index is 10.7. The number of hydrogen-bond donors (Lipinski definition) is 2. The standard InChI is InChI=1S/C6H11O4P/c1-4-3-6(10-5(4)2)11(7,8)9/h6H,3H2,1-2H3,(H2,7,8,9). The van der Waals surface area contributed by atoms with E-state index in [1.54, 1.807) is 6.92 Å². The highest BCUT2D eigenvalue weighted by Gasteiger charge is 2.35. The monoisotopic (exact) mass is 178 g/mol. The van der Waals surface area contributed by atoms with Crippen molar-refractivity contribution in [2.24, 2.45) is 0 Å². The van der Waals surface area contributed by atoms with Crippen molar-refractivity contribution in [2.75, 3.05) is 0 Å². The molecule has 1 atom stereocenters. The van der Waals surface area contributed by atoms with E-state index in [0.717, 1.165) is 5.57 Å². The van der Waals surface area contributed by atoms with Gasteiger partial charge < -0.3 is 14.5 Å². The van der Waals surface area contributed by atoms with Gasteiger partial charge in [-0.05, 0) is 19.4 Å². The van der Waals surface area contributed by atoms with Crippen LogP contribution in [0.5, 0.6) is 0 Å². The summed E-state index contributed by atoms with van der Waals surface area (Å²) in [7, 11) is -4.05. The normalized spacial score (nSPS) is 25.6. The third kappa shape index (κ3) is 1.83. The molecule has 0 aromatic heterocycles. The molecular weight excluding hydrogens is 167 g/mol. The van der Waals surface area contributed by atoms with Gasteiger partial charge in [-0.15, -0.1) is 0 Å². The third-order valence-corrected chi connectivity index (χ3v) is 2.81. The molecule has 1 heterocycles. The topological polar surface area (TPSA) is 66.8 Å². The van der Waals surface area contributed by atoms with Crippen molar-refractivity contribution < 1.29 is 19.1 Å². The van der Waals surface area contributed by atoms with Crippen molar-refractivity contribution in [3.63, 3.8) is 0 Å². The quantitative estimate of drug-likeness (QED) is 0.592. The van der Waals surface area contributed by atoms with Crippen LogP contribution in [0.15, 0.2) is 11.3 Å². The Bertz CT molecular complexity index is 225. The van der Waals surface area contributed by atoms with E-state index in [1.165, 1.54) is 0 Å². The molecule has 0 aromatic rings. The molecule has 0 saturated carbocycles. The lowest BCUT2D eigenvalue weighted by atomic mass is 10.2. The maximum Gasteiger partial charge on any atom is 0.366 e. The van der Waals surface area contributed by atoms with Crippen molar-refractivity contribution in [2.45, 2.75) is 26.1 Å². The van der Waals surface area contributed by atoms with E-state index in [2.05, 4.69) is 0 Å². The number of ether oxygens (including phenoxy) is 1. The average Bonchev–Trinajstić information content (AvgIpc) is 2.11. The lowest BCUT2D eigenvalue weighted by molar-refractivity contribution is 0.173. The second kappa shape index (κ2) is 2.63. The van der Waals surface area contributed by atoms with Crippen molar-refractivity contribution >= 4 is 7.60 Å². The molecule has 1 aliphatic heterocycles. The molecule has 0 bridgehead atoms. The van der Waals surface area contributed by atoms with Gasteiger partial charge in [0.2, 0.25) is 5.85 Å². The summed E-state index contributed by atoms with van der Waals surface area (Å²) in [6.45, 7) is 3.52. The molecule has 64 valence electrons. The van der Waals surface area contributed by atoms with Crippen LogP contribution in [-0.4, -0.2) is 15.6 Å². The SMILES string of the molecule is CC1=C(C)OC(P(=O)(O)O)C1. The van der Waals surface area contributed by atoms with Gasteiger partial charge >= 0.3 is 7.60 Å². The lowest BCUT2D eigenvalue weighted by Gasteiger charge is -2.12. The van der Waals surface area contributed by atoms with Crippen molar-refractivity contribution in [1.29, 1.82) is 0 Å².